The van der Waals surface area contributed by atoms with Crippen molar-refractivity contribution in [1.29, 1.82) is 0 Å². The molecule has 5 heteroatoms. The highest BCUT2D eigenvalue weighted by molar-refractivity contribution is 5.95. The molecule has 0 spiro atoms. The number of hydrogen-bond acceptors (Lipinski definition) is 5. The molecule has 1 saturated heterocycles. The molecule has 0 aliphatic carbocycles. The Balaban J connectivity index is 1.96. The van der Waals surface area contributed by atoms with Gasteiger partial charge in [0, 0.05) is 6.61 Å². The van der Waals surface area contributed by atoms with E-state index in [1.54, 1.807) is 18.2 Å². The topological polar surface area (TPSA) is 61.8 Å². The fourth-order valence-corrected chi connectivity index (χ4v) is 1.92. The maximum Gasteiger partial charge on any atom is 0.338 e. The molecule has 1 heterocycles. The van der Waals surface area contributed by atoms with E-state index >= 15 is 0 Å². The van der Waals surface area contributed by atoms with Crippen LogP contribution in [0.25, 0.3) is 0 Å². The summed E-state index contributed by atoms with van der Waals surface area (Å²) in [4.78, 5) is 23.2. The zero-order chi connectivity index (χ0) is 13.7. The predicted molar refractivity (Wildman–Crippen MR) is 67.0 cm³/mol. The number of carbonyl (C=O) groups excluding carboxylic acids is 2. The van der Waals surface area contributed by atoms with E-state index in [4.69, 9.17) is 9.47 Å². The number of carbonyl (C=O) groups is 2. The molecule has 0 amide bonds. The molecule has 1 aliphatic rings. The lowest BCUT2D eigenvalue weighted by atomic mass is 10.1. The molecule has 0 saturated carbocycles. The Hall–Kier alpha value is -1.88. The van der Waals surface area contributed by atoms with Gasteiger partial charge in [0.15, 0.2) is 0 Å². The molecule has 19 heavy (non-hydrogen) atoms. The van der Waals surface area contributed by atoms with Crippen LogP contribution in [0.3, 0.4) is 0 Å². The second-order valence-electron chi connectivity index (χ2n) is 4.31. The number of benzene rings is 1. The molecule has 102 valence electrons. The molecule has 0 N–H and O–H groups in total. The van der Waals surface area contributed by atoms with Crippen LogP contribution in [0.2, 0.25) is 0 Å². The maximum absolute atomic E-state index is 11.8. The average molecular weight is 264 g/mol. The Morgan fingerprint density at radius 2 is 2.05 bits per heavy atom. The Morgan fingerprint density at radius 1 is 1.32 bits per heavy atom. The third kappa shape index (κ3) is 3.54. The lowest BCUT2D eigenvalue weighted by Gasteiger charge is -2.10. The van der Waals surface area contributed by atoms with E-state index in [-0.39, 0.29) is 12.7 Å². The van der Waals surface area contributed by atoms with Crippen LogP contribution in [0.15, 0.2) is 24.3 Å². The lowest BCUT2D eigenvalue weighted by molar-refractivity contribution is 0.0161. The Morgan fingerprint density at radius 3 is 2.68 bits per heavy atom. The summed E-state index contributed by atoms with van der Waals surface area (Å²) in [5, 5.41) is 0. The number of methoxy groups -OCH3 is 1. The first kappa shape index (κ1) is 13.5. The van der Waals surface area contributed by atoms with Gasteiger partial charge in [-0.3, -0.25) is 0 Å². The standard InChI is InChI=1S/C14H16O5/c1-17-13(15)10-4-2-5-11(8-10)14(16)19-9-12-6-3-7-18-12/h2,4-5,8,12H,3,6-7,9H2,1H3. The lowest BCUT2D eigenvalue weighted by Crippen LogP contribution is -2.18. The van der Waals surface area contributed by atoms with Crippen LogP contribution in [0, 0.1) is 0 Å². The van der Waals surface area contributed by atoms with Crippen LogP contribution < -0.4 is 0 Å². The molecule has 0 aromatic heterocycles. The molecular formula is C14H16O5. The van der Waals surface area contributed by atoms with Crippen LogP contribution in [0.1, 0.15) is 33.6 Å². The molecule has 1 aromatic carbocycles. The third-order valence-corrected chi connectivity index (χ3v) is 2.94. The minimum atomic E-state index is -0.478. The van der Waals surface area contributed by atoms with Crippen molar-refractivity contribution in [1.82, 2.24) is 0 Å². The molecule has 1 fully saturated rings. The van der Waals surface area contributed by atoms with Crippen LogP contribution in [-0.2, 0) is 14.2 Å². The summed E-state index contributed by atoms with van der Waals surface area (Å²) in [6, 6.07) is 6.27. The quantitative estimate of drug-likeness (QED) is 0.776. The van der Waals surface area contributed by atoms with E-state index in [2.05, 4.69) is 4.74 Å². The van der Waals surface area contributed by atoms with Gasteiger partial charge < -0.3 is 14.2 Å². The number of esters is 2. The Labute approximate surface area is 111 Å². The summed E-state index contributed by atoms with van der Waals surface area (Å²) in [7, 11) is 1.30. The summed E-state index contributed by atoms with van der Waals surface area (Å²) in [5.74, 6) is -0.935. The monoisotopic (exact) mass is 264 g/mol. The Bertz CT molecular complexity index is 463. The summed E-state index contributed by atoms with van der Waals surface area (Å²) in [6.45, 7) is 0.974. The molecule has 0 radical (unpaired) electrons. The van der Waals surface area contributed by atoms with E-state index in [0.29, 0.717) is 11.1 Å². The van der Waals surface area contributed by atoms with Crippen LogP contribution in [0.4, 0.5) is 0 Å². The highest BCUT2D eigenvalue weighted by Gasteiger charge is 2.18. The largest absolute Gasteiger partial charge is 0.465 e. The molecule has 0 bridgehead atoms. The van der Waals surface area contributed by atoms with Gasteiger partial charge in [-0.15, -0.1) is 0 Å². The van der Waals surface area contributed by atoms with Gasteiger partial charge in [-0.05, 0) is 31.0 Å². The highest BCUT2D eigenvalue weighted by Crippen LogP contribution is 2.13. The fourth-order valence-electron chi connectivity index (χ4n) is 1.92. The van der Waals surface area contributed by atoms with E-state index in [0.717, 1.165) is 19.4 Å². The van der Waals surface area contributed by atoms with Crippen LogP contribution >= 0.6 is 0 Å². The smallest absolute Gasteiger partial charge is 0.338 e. The zero-order valence-corrected chi connectivity index (χ0v) is 10.8. The summed E-state index contributed by atoms with van der Waals surface area (Å²) in [6.07, 6.45) is 1.91. The van der Waals surface area contributed by atoms with Crippen molar-refractivity contribution in [2.75, 3.05) is 20.3 Å². The molecule has 2 rings (SSSR count). The summed E-state index contributed by atoms with van der Waals surface area (Å²) in [5.41, 5.74) is 0.662. The van der Waals surface area contributed by atoms with Gasteiger partial charge in [0.2, 0.25) is 0 Å². The highest BCUT2D eigenvalue weighted by atomic mass is 16.6. The van der Waals surface area contributed by atoms with Crippen LogP contribution in [-0.4, -0.2) is 38.4 Å². The Kier molecular flexibility index (Phi) is 4.52. The van der Waals surface area contributed by atoms with Crippen molar-refractivity contribution in [3.05, 3.63) is 35.4 Å². The maximum atomic E-state index is 11.8. The summed E-state index contributed by atoms with van der Waals surface area (Å²) >= 11 is 0. The van der Waals surface area contributed by atoms with Crippen molar-refractivity contribution in [2.45, 2.75) is 18.9 Å². The van der Waals surface area contributed by atoms with Crippen LogP contribution in [0.5, 0.6) is 0 Å². The average Bonchev–Trinajstić information content (AvgIpc) is 2.97. The summed E-state index contributed by atoms with van der Waals surface area (Å²) < 4.78 is 15.1. The van der Waals surface area contributed by atoms with E-state index in [1.165, 1.54) is 13.2 Å². The molecule has 1 aliphatic heterocycles. The van der Waals surface area contributed by atoms with Gasteiger partial charge >= 0.3 is 11.9 Å². The van der Waals surface area contributed by atoms with Crippen molar-refractivity contribution >= 4 is 11.9 Å². The first-order chi connectivity index (χ1) is 9.20. The predicted octanol–water partition coefficient (Wildman–Crippen LogP) is 1.81. The SMILES string of the molecule is COC(=O)c1cccc(C(=O)OCC2CCCO2)c1. The third-order valence-electron chi connectivity index (χ3n) is 2.94. The van der Waals surface area contributed by atoms with Gasteiger partial charge in [0.05, 0.1) is 24.3 Å². The van der Waals surface area contributed by atoms with Crippen molar-refractivity contribution in [3.8, 4) is 0 Å². The van der Waals surface area contributed by atoms with E-state index < -0.39 is 11.9 Å². The van der Waals surface area contributed by atoms with Gasteiger partial charge in [-0.25, -0.2) is 9.59 Å². The van der Waals surface area contributed by atoms with Crippen molar-refractivity contribution < 1.29 is 23.8 Å². The minimum Gasteiger partial charge on any atom is -0.465 e. The first-order valence-electron chi connectivity index (χ1n) is 6.18. The number of rotatable bonds is 4. The molecule has 1 unspecified atom stereocenters. The molecule has 1 aromatic rings. The van der Waals surface area contributed by atoms with Crippen molar-refractivity contribution in [2.24, 2.45) is 0 Å². The number of ether oxygens (including phenoxy) is 3. The zero-order valence-electron chi connectivity index (χ0n) is 10.8. The van der Waals surface area contributed by atoms with E-state index in [1.807, 2.05) is 0 Å². The molecule has 5 nitrogen and oxygen atoms in total. The van der Waals surface area contributed by atoms with E-state index in [9.17, 15) is 9.59 Å². The normalized spacial score (nSPS) is 18.1. The van der Waals surface area contributed by atoms with Crippen molar-refractivity contribution in [3.63, 3.8) is 0 Å². The minimum absolute atomic E-state index is 0.00672. The second kappa shape index (κ2) is 6.33. The first-order valence-corrected chi connectivity index (χ1v) is 6.18. The second-order valence-corrected chi connectivity index (χ2v) is 4.31. The van der Waals surface area contributed by atoms with Gasteiger partial charge in [0.1, 0.15) is 6.61 Å². The molecule has 1 atom stereocenters. The molecular weight excluding hydrogens is 248 g/mol. The number of hydrogen-bond donors (Lipinski definition) is 0. The van der Waals surface area contributed by atoms with Gasteiger partial charge in [0.25, 0.3) is 0 Å². The fraction of sp³-hybridized carbons (Fsp3) is 0.429. The van der Waals surface area contributed by atoms with Gasteiger partial charge in [-0.2, -0.15) is 0 Å². The van der Waals surface area contributed by atoms with Gasteiger partial charge in [-0.1, -0.05) is 6.07 Å².